The topological polar surface area (TPSA) is 57.8 Å². The normalized spacial score (nSPS) is 41.4. The Balaban J connectivity index is 1.56. The van der Waals surface area contributed by atoms with Crippen LogP contribution in [0, 0.1) is 23.7 Å². The average Bonchev–Trinajstić information content (AvgIpc) is 2.72. The van der Waals surface area contributed by atoms with E-state index in [2.05, 4.69) is 15.3 Å². The Morgan fingerprint density at radius 1 is 1.35 bits per heavy atom. The van der Waals surface area contributed by atoms with E-state index in [4.69, 9.17) is 11.6 Å². The number of hydrogen-bond donors (Lipinski definition) is 2. The Kier molecular flexibility index (Phi) is 1.90. The van der Waals surface area contributed by atoms with E-state index in [0.29, 0.717) is 11.9 Å². The molecule has 17 heavy (non-hydrogen) atoms. The van der Waals surface area contributed by atoms with Crippen molar-refractivity contribution in [3.05, 3.63) is 21.7 Å². The van der Waals surface area contributed by atoms with E-state index in [9.17, 15) is 4.79 Å². The molecule has 0 radical (unpaired) electrons. The lowest BCUT2D eigenvalue weighted by molar-refractivity contribution is 0.456. The third-order valence-electron chi connectivity index (χ3n) is 4.84. The van der Waals surface area contributed by atoms with Gasteiger partial charge in [0.05, 0.1) is 6.33 Å². The highest BCUT2D eigenvalue weighted by Crippen LogP contribution is 2.66. The summed E-state index contributed by atoms with van der Waals surface area (Å²) in [6, 6.07) is 0.507. The average molecular weight is 252 g/mol. The smallest absolute Gasteiger partial charge is 0.271 e. The molecule has 2 bridgehead atoms. The lowest BCUT2D eigenvalue weighted by Crippen LogP contribution is -2.17. The second kappa shape index (κ2) is 3.25. The zero-order valence-corrected chi connectivity index (χ0v) is 10.1. The largest absolute Gasteiger partial charge is 0.365 e. The van der Waals surface area contributed by atoms with Crippen molar-refractivity contribution in [2.45, 2.75) is 25.3 Å². The van der Waals surface area contributed by atoms with Crippen LogP contribution in [0.1, 0.15) is 19.3 Å². The first-order valence-corrected chi connectivity index (χ1v) is 6.63. The van der Waals surface area contributed by atoms with Gasteiger partial charge in [0.2, 0.25) is 0 Å². The van der Waals surface area contributed by atoms with Gasteiger partial charge in [0.1, 0.15) is 5.02 Å². The number of nitrogens with zero attached hydrogens (tertiary/aromatic N) is 1. The highest BCUT2D eigenvalue weighted by atomic mass is 35.5. The molecule has 90 valence electrons. The lowest BCUT2D eigenvalue weighted by Gasteiger charge is -2.11. The fourth-order valence-corrected chi connectivity index (χ4v) is 4.32. The molecule has 5 heteroatoms. The first-order valence-electron chi connectivity index (χ1n) is 6.25. The number of aromatic amines is 1. The summed E-state index contributed by atoms with van der Waals surface area (Å²) in [6.45, 7) is 0. The fourth-order valence-electron chi connectivity index (χ4n) is 4.16. The molecule has 4 atom stereocenters. The lowest BCUT2D eigenvalue weighted by atomic mass is 10.0. The molecule has 0 saturated heterocycles. The molecular formula is C12H14ClN3O. The summed E-state index contributed by atoms with van der Waals surface area (Å²) in [5.74, 6) is 3.98. The number of fused-ring (bicyclic) bond motifs is 5. The summed E-state index contributed by atoms with van der Waals surface area (Å²) in [4.78, 5) is 18.0. The van der Waals surface area contributed by atoms with Gasteiger partial charge < -0.3 is 10.3 Å². The zero-order chi connectivity index (χ0) is 11.6. The minimum Gasteiger partial charge on any atom is -0.365 e. The molecular weight excluding hydrogens is 238 g/mol. The molecule has 1 aromatic rings. The molecule has 4 nitrogen and oxygen atoms in total. The van der Waals surface area contributed by atoms with E-state index in [1.54, 1.807) is 0 Å². The highest BCUT2D eigenvalue weighted by Gasteiger charge is 2.65. The molecule has 0 aromatic carbocycles. The molecule has 4 unspecified atom stereocenters. The number of aromatic nitrogens is 2. The molecule has 0 amide bonds. The van der Waals surface area contributed by atoms with Gasteiger partial charge in [-0.2, -0.15) is 0 Å². The highest BCUT2D eigenvalue weighted by molar-refractivity contribution is 6.32. The number of hydrogen-bond acceptors (Lipinski definition) is 3. The van der Waals surface area contributed by atoms with Crippen molar-refractivity contribution in [2.24, 2.45) is 23.7 Å². The van der Waals surface area contributed by atoms with Gasteiger partial charge in [0, 0.05) is 6.04 Å². The second-order valence-electron chi connectivity index (χ2n) is 5.55. The third kappa shape index (κ3) is 1.30. The SMILES string of the molecule is O=c1[nH]cnc(NC2C3C4CCC(C4)C23)c1Cl. The van der Waals surface area contributed by atoms with Crippen LogP contribution in [0.4, 0.5) is 5.82 Å². The summed E-state index contributed by atoms with van der Waals surface area (Å²) in [5.41, 5.74) is -0.266. The maximum Gasteiger partial charge on any atom is 0.271 e. The molecule has 2 N–H and O–H groups in total. The molecule has 0 aliphatic heterocycles. The quantitative estimate of drug-likeness (QED) is 0.844. The first-order chi connectivity index (χ1) is 8.25. The molecule has 1 aromatic heterocycles. The van der Waals surface area contributed by atoms with Crippen molar-refractivity contribution in [3.63, 3.8) is 0 Å². The zero-order valence-electron chi connectivity index (χ0n) is 9.32. The van der Waals surface area contributed by atoms with Crippen molar-refractivity contribution < 1.29 is 0 Å². The van der Waals surface area contributed by atoms with E-state index in [0.717, 1.165) is 23.7 Å². The van der Waals surface area contributed by atoms with Gasteiger partial charge in [0.25, 0.3) is 5.56 Å². The van der Waals surface area contributed by atoms with E-state index in [-0.39, 0.29) is 10.6 Å². The van der Waals surface area contributed by atoms with Gasteiger partial charge in [-0.15, -0.1) is 0 Å². The van der Waals surface area contributed by atoms with Crippen LogP contribution in [0.25, 0.3) is 0 Å². The van der Waals surface area contributed by atoms with Gasteiger partial charge >= 0.3 is 0 Å². The second-order valence-corrected chi connectivity index (χ2v) is 5.93. The molecule has 1 heterocycles. The summed E-state index contributed by atoms with van der Waals surface area (Å²) in [7, 11) is 0. The van der Waals surface area contributed by atoms with Crippen molar-refractivity contribution >= 4 is 17.4 Å². The van der Waals surface area contributed by atoms with Crippen LogP contribution in [-0.4, -0.2) is 16.0 Å². The van der Waals surface area contributed by atoms with E-state index >= 15 is 0 Å². The fraction of sp³-hybridized carbons (Fsp3) is 0.667. The Hall–Kier alpha value is -1.03. The Labute approximate surface area is 104 Å². The van der Waals surface area contributed by atoms with Crippen LogP contribution >= 0.6 is 11.6 Å². The minimum atomic E-state index is -0.266. The van der Waals surface area contributed by atoms with Gasteiger partial charge in [0.15, 0.2) is 5.82 Å². The number of H-pyrrole nitrogens is 1. The van der Waals surface area contributed by atoms with Crippen LogP contribution in [0.15, 0.2) is 11.1 Å². The number of anilines is 1. The monoisotopic (exact) mass is 251 g/mol. The van der Waals surface area contributed by atoms with Crippen molar-refractivity contribution in [3.8, 4) is 0 Å². The molecule has 3 saturated carbocycles. The maximum absolute atomic E-state index is 11.4. The Morgan fingerprint density at radius 3 is 2.76 bits per heavy atom. The predicted octanol–water partition coefficient (Wildman–Crippen LogP) is 1.88. The van der Waals surface area contributed by atoms with Gasteiger partial charge in [-0.05, 0) is 42.9 Å². The van der Waals surface area contributed by atoms with Crippen molar-refractivity contribution in [2.75, 3.05) is 5.32 Å². The van der Waals surface area contributed by atoms with Crippen LogP contribution < -0.4 is 10.9 Å². The Bertz CT molecular complexity index is 513. The van der Waals surface area contributed by atoms with Crippen molar-refractivity contribution in [1.29, 1.82) is 0 Å². The van der Waals surface area contributed by atoms with Gasteiger partial charge in [-0.1, -0.05) is 11.6 Å². The minimum absolute atomic E-state index is 0.185. The molecule has 4 rings (SSSR count). The standard InChI is InChI=1S/C12H14ClN3O/c13-9-11(14-4-15-12(9)17)16-10-7-5-1-2-6(3-5)8(7)10/h4-8,10H,1-3H2,(H2,14,15,16,17). The van der Waals surface area contributed by atoms with Crippen molar-refractivity contribution in [1.82, 2.24) is 9.97 Å². The summed E-state index contributed by atoms with van der Waals surface area (Å²) < 4.78 is 0. The van der Waals surface area contributed by atoms with Crippen LogP contribution in [0.3, 0.4) is 0 Å². The van der Waals surface area contributed by atoms with Crippen LogP contribution in [-0.2, 0) is 0 Å². The predicted molar refractivity (Wildman–Crippen MR) is 65.1 cm³/mol. The first kappa shape index (κ1) is 9.95. The molecule has 3 fully saturated rings. The summed E-state index contributed by atoms with van der Waals surface area (Å²) in [6.07, 6.45) is 5.61. The van der Waals surface area contributed by atoms with Gasteiger partial charge in [-0.25, -0.2) is 4.98 Å². The third-order valence-corrected chi connectivity index (χ3v) is 5.19. The maximum atomic E-state index is 11.4. The number of nitrogens with one attached hydrogen (secondary N) is 2. The number of halogens is 1. The molecule has 0 spiro atoms. The van der Waals surface area contributed by atoms with E-state index in [1.807, 2.05) is 0 Å². The number of rotatable bonds is 2. The Morgan fingerprint density at radius 2 is 2.06 bits per heavy atom. The molecule has 3 aliphatic carbocycles. The molecule has 3 aliphatic rings. The summed E-state index contributed by atoms with van der Waals surface area (Å²) in [5, 5.41) is 3.55. The van der Waals surface area contributed by atoms with Crippen LogP contribution in [0.2, 0.25) is 5.02 Å². The van der Waals surface area contributed by atoms with E-state index in [1.165, 1.54) is 25.6 Å². The van der Waals surface area contributed by atoms with Gasteiger partial charge in [-0.3, -0.25) is 4.79 Å². The van der Waals surface area contributed by atoms with E-state index < -0.39 is 0 Å². The van der Waals surface area contributed by atoms with Crippen LogP contribution in [0.5, 0.6) is 0 Å². The summed E-state index contributed by atoms with van der Waals surface area (Å²) >= 11 is 5.94.